The maximum absolute atomic E-state index is 11.9. The normalized spacial score (nSPS) is 10.7. The molecule has 1 aromatic carbocycles. The molecule has 0 fully saturated rings. The molecule has 0 saturated heterocycles. The number of rotatable bonds is 7. The topological polar surface area (TPSA) is 106 Å². The minimum absolute atomic E-state index is 0.0487. The van der Waals surface area contributed by atoms with Crippen molar-refractivity contribution in [1.29, 1.82) is 0 Å². The Morgan fingerprint density at radius 1 is 1.04 bits per heavy atom. The molecule has 3 N–H and O–H groups in total. The highest BCUT2D eigenvalue weighted by molar-refractivity contribution is 5.94. The number of hydrogen-bond donors (Lipinski definition) is 3. The van der Waals surface area contributed by atoms with Gasteiger partial charge in [-0.05, 0) is 39.0 Å². The summed E-state index contributed by atoms with van der Waals surface area (Å²) in [6.07, 6.45) is -0.470. The van der Waals surface area contributed by atoms with E-state index in [4.69, 9.17) is 9.47 Å². The Labute approximate surface area is 147 Å². The van der Waals surface area contributed by atoms with Crippen molar-refractivity contribution in [3.63, 3.8) is 0 Å². The molecule has 25 heavy (non-hydrogen) atoms. The van der Waals surface area contributed by atoms with Gasteiger partial charge in [0, 0.05) is 31.5 Å². The number of ether oxygens (including phenoxy) is 2. The van der Waals surface area contributed by atoms with Crippen molar-refractivity contribution in [2.45, 2.75) is 32.8 Å². The second-order valence-corrected chi connectivity index (χ2v) is 6.29. The molecule has 0 radical (unpaired) electrons. The van der Waals surface area contributed by atoms with Crippen LogP contribution in [0.2, 0.25) is 0 Å². The number of carbonyl (C=O) groups is 3. The maximum Gasteiger partial charge on any atom is 0.407 e. The summed E-state index contributed by atoms with van der Waals surface area (Å²) in [6.45, 7) is 5.39. The molecule has 0 heterocycles. The molecule has 0 saturated carbocycles. The van der Waals surface area contributed by atoms with Crippen LogP contribution in [0.15, 0.2) is 24.3 Å². The molecule has 1 rings (SSSR count). The number of carbonyl (C=O) groups excluding carboxylic acids is 3. The van der Waals surface area contributed by atoms with E-state index in [-0.39, 0.29) is 31.4 Å². The van der Waals surface area contributed by atoms with E-state index in [2.05, 4.69) is 16.0 Å². The van der Waals surface area contributed by atoms with Crippen molar-refractivity contribution < 1.29 is 23.9 Å². The molecule has 0 aliphatic heterocycles. The zero-order chi connectivity index (χ0) is 18.9. The predicted molar refractivity (Wildman–Crippen MR) is 94.4 cm³/mol. The van der Waals surface area contributed by atoms with Crippen molar-refractivity contribution in [3.05, 3.63) is 24.3 Å². The Bertz CT molecular complexity index is 611. The van der Waals surface area contributed by atoms with E-state index in [0.717, 1.165) is 0 Å². The summed E-state index contributed by atoms with van der Waals surface area (Å²) in [7, 11) is 1.43. The molecular weight excluding hydrogens is 326 g/mol. The number of anilines is 2. The Morgan fingerprint density at radius 2 is 1.64 bits per heavy atom. The van der Waals surface area contributed by atoms with Gasteiger partial charge < -0.3 is 25.4 Å². The highest BCUT2D eigenvalue weighted by atomic mass is 16.6. The first kappa shape index (κ1) is 20.4. The van der Waals surface area contributed by atoms with Gasteiger partial charge in [-0.25, -0.2) is 4.79 Å². The van der Waals surface area contributed by atoms with E-state index in [9.17, 15) is 14.4 Å². The van der Waals surface area contributed by atoms with Gasteiger partial charge in [-0.15, -0.1) is 0 Å². The van der Waals surface area contributed by atoms with Crippen molar-refractivity contribution in [3.8, 4) is 0 Å². The van der Waals surface area contributed by atoms with Crippen LogP contribution in [-0.4, -0.2) is 43.8 Å². The summed E-state index contributed by atoms with van der Waals surface area (Å²) in [5.41, 5.74) is 0.504. The van der Waals surface area contributed by atoms with Crippen LogP contribution < -0.4 is 16.0 Å². The quantitative estimate of drug-likeness (QED) is 0.698. The van der Waals surface area contributed by atoms with E-state index in [1.165, 1.54) is 7.11 Å². The second kappa shape index (κ2) is 9.63. The fourth-order valence-corrected chi connectivity index (χ4v) is 1.82. The molecule has 0 aliphatic carbocycles. The summed E-state index contributed by atoms with van der Waals surface area (Å²) >= 11 is 0. The van der Waals surface area contributed by atoms with Gasteiger partial charge in [-0.3, -0.25) is 9.59 Å². The Hall–Kier alpha value is -2.61. The highest BCUT2D eigenvalue weighted by Crippen LogP contribution is 2.15. The third-order valence-electron chi connectivity index (χ3n) is 2.73. The zero-order valence-electron chi connectivity index (χ0n) is 15.0. The average molecular weight is 351 g/mol. The Kier molecular flexibility index (Phi) is 7.87. The van der Waals surface area contributed by atoms with Crippen molar-refractivity contribution in [2.24, 2.45) is 0 Å². The largest absolute Gasteiger partial charge is 0.444 e. The lowest BCUT2D eigenvalue weighted by molar-refractivity contribution is -0.119. The fraction of sp³-hybridized carbons (Fsp3) is 0.471. The molecule has 0 unspecified atom stereocenters. The number of nitrogens with one attached hydrogen (secondary N) is 3. The van der Waals surface area contributed by atoms with Crippen molar-refractivity contribution >= 4 is 29.3 Å². The lowest BCUT2D eigenvalue weighted by Crippen LogP contribution is -2.34. The van der Waals surface area contributed by atoms with Crippen LogP contribution in [0.1, 0.15) is 27.2 Å². The number of benzene rings is 1. The molecule has 0 bridgehead atoms. The third-order valence-corrected chi connectivity index (χ3v) is 2.73. The highest BCUT2D eigenvalue weighted by Gasteiger charge is 2.15. The van der Waals surface area contributed by atoms with E-state index in [1.807, 2.05) is 0 Å². The van der Waals surface area contributed by atoms with E-state index in [1.54, 1.807) is 45.0 Å². The summed E-state index contributed by atoms with van der Waals surface area (Å²) in [4.78, 5) is 34.9. The molecule has 3 amide bonds. The molecule has 0 spiro atoms. The number of hydrogen-bond acceptors (Lipinski definition) is 5. The summed E-state index contributed by atoms with van der Waals surface area (Å²) in [6, 6.07) is 6.74. The third kappa shape index (κ3) is 9.31. The van der Waals surface area contributed by atoms with E-state index < -0.39 is 11.7 Å². The zero-order valence-corrected chi connectivity index (χ0v) is 15.0. The molecular formula is C17H25N3O5. The lowest BCUT2D eigenvalue weighted by Gasteiger charge is -2.19. The molecule has 8 heteroatoms. The maximum atomic E-state index is 11.9. The standard InChI is InChI=1S/C17H25N3O5/c1-17(2,3)25-16(23)18-9-8-14(21)19-12-6-5-7-13(10-12)20-15(22)11-24-4/h5-7,10H,8-9,11H2,1-4H3,(H,18,23)(H,19,21)(H,20,22). The summed E-state index contributed by atoms with van der Waals surface area (Å²) in [5.74, 6) is -0.552. The molecule has 0 aliphatic rings. The van der Waals surface area contributed by atoms with Crippen LogP contribution in [-0.2, 0) is 19.1 Å². The second-order valence-electron chi connectivity index (χ2n) is 6.29. The minimum Gasteiger partial charge on any atom is -0.444 e. The van der Waals surface area contributed by atoms with Crippen LogP contribution in [0.3, 0.4) is 0 Å². The minimum atomic E-state index is -0.583. The number of amides is 3. The van der Waals surface area contributed by atoms with Crippen LogP contribution in [0.25, 0.3) is 0 Å². The lowest BCUT2D eigenvalue weighted by atomic mass is 10.2. The van der Waals surface area contributed by atoms with Gasteiger partial charge in [0.15, 0.2) is 0 Å². The van der Waals surface area contributed by atoms with Crippen molar-refractivity contribution in [1.82, 2.24) is 5.32 Å². The SMILES string of the molecule is COCC(=O)Nc1cccc(NC(=O)CCNC(=O)OC(C)(C)C)c1. The molecule has 0 aromatic heterocycles. The van der Waals surface area contributed by atoms with Gasteiger partial charge in [0.25, 0.3) is 0 Å². The average Bonchev–Trinajstić information content (AvgIpc) is 2.45. The van der Waals surface area contributed by atoms with Gasteiger partial charge in [0.1, 0.15) is 12.2 Å². The van der Waals surface area contributed by atoms with Crippen LogP contribution in [0.5, 0.6) is 0 Å². The van der Waals surface area contributed by atoms with Gasteiger partial charge in [-0.2, -0.15) is 0 Å². The van der Waals surface area contributed by atoms with Gasteiger partial charge in [-0.1, -0.05) is 6.07 Å². The van der Waals surface area contributed by atoms with E-state index in [0.29, 0.717) is 11.4 Å². The van der Waals surface area contributed by atoms with Gasteiger partial charge in [0.05, 0.1) is 0 Å². The first-order valence-corrected chi connectivity index (χ1v) is 7.85. The molecule has 8 nitrogen and oxygen atoms in total. The van der Waals surface area contributed by atoms with Crippen LogP contribution in [0, 0.1) is 0 Å². The first-order chi connectivity index (χ1) is 11.7. The smallest absolute Gasteiger partial charge is 0.407 e. The fourth-order valence-electron chi connectivity index (χ4n) is 1.82. The molecule has 1 aromatic rings. The van der Waals surface area contributed by atoms with Gasteiger partial charge >= 0.3 is 6.09 Å². The monoisotopic (exact) mass is 351 g/mol. The predicted octanol–water partition coefficient (Wildman–Crippen LogP) is 2.12. The summed E-state index contributed by atoms with van der Waals surface area (Å²) in [5, 5.41) is 7.86. The summed E-state index contributed by atoms with van der Waals surface area (Å²) < 4.78 is 9.82. The van der Waals surface area contributed by atoms with Crippen LogP contribution in [0.4, 0.5) is 16.2 Å². The molecule has 0 atom stereocenters. The number of alkyl carbamates (subject to hydrolysis) is 1. The molecule has 138 valence electrons. The van der Waals surface area contributed by atoms with Crippen LogP contribution >= 0.6 is 0 Å². The Balaban J connectivity index is 2.42. The van der Waals surface area contributed by atoms with Gasteiger partial charge in [0.2, 0.25) is 11.8 Å². The van der Waals surface area contributed by atoms with Crippen molar-refractivity contribution in [2.75, 3.05) is 30.9 Å². The number of methoxy groups -OCH3 is 1. The van der Waals surface area contributed by atoms with E-state index >= 15 is 0 Å². The first-order valence-electron chi connectivity index (χ1n) is 7.85. The Morgan fingerprint density at radius 3 is 2.20 bits per heavy atom.